The summed E-state index contributed by atoms with van der Waals surface area (Å²) in [5.74, 6) is 0.581. The predicted molar refractivity (Wildman–Crippen MR) is 94.0 cm³/mol. The average Bonchev–Trinajstić information content (AvgIpc) is 2.57. The van der Waals surface area contributed by atoms with Gasteiger partial charge in [-0.15, -0.1) is 0 Å². The zero-order valence-corrected chi connectivity index (χ0v) is 14.0. The first-order valence-corrected chi connectivity index (χ1v) is 8.09. The second kappa shape index (κ2) is 8.27. The number of anilines is 2. The van der Waals surface area contributed by atoms with Gasteiger partial charge in [0.2, 0.25) is 0 Å². The van der Waals surface area contributed by atoms with Crippen LogP contribution >= 0.6 is 0 Å². The van der Waals surface area contributed by atoms with Crippen LogP contribution in [0.2, 0.25) is 0 Å². The molecule has 0 saturated carbocycles. The Morgan fingerprint density at radius 2 is 1.78 bits per heavy atom. The second-order valence-electron chi connectivity index (χ2n) is 5.52. The number of amides is 1. The van der Waals surface area contributed by atoms with Gasteiger partial charge in [-0.3, -0.25) is 4.79 Å². The monoisotopic (exact) mass is 312 g/mol. The molecule has 0 atom stereocenters. The maximum absolute atomic E-state index is 12.3. The number of para-hydroxylation sites is 1. The first-order valence-electron chi connectivity index (χ1n) is 8.09. The third-order valence-corrected chi connectivity index (χ3v) is 3.58. The van der Waals surface area contributed by atoms with Crippen LogP contribution in [0.3, 0.4) is 0 Å². The number of aryl methyl sites for hydroxylation is 1. The van der Waals surface area contributed by atoms with Gasteiger partial charge in [0, 0.05) is 18.8 Å². The Labute approximate surface area is 137 Å². The first-order chi connectivity index (χ1) is 11.2. The number of nitrogens with one attached hydrogen (secondary N) is 1. The fourth-order valence-corrected chi connectivity index (χ4v) is 2.38. The van der Waals surface area contributed by atoms with Gasteiger partial charge >= 0.3 is 0 Å². The number of carbonyl (C=O) groups is 1. The van der Waals surface area contributed by atoms with Crippen molar-refractivity contribution >= 4 is 17.4 Å². The molecule has 0 spiro atoms. The molecule has 1 heterocycles. The van der Waals surface area contributed by atoms with Crippen molar-refractivity contribution in [3.63, 3.8) is 0 Å². The molecule has 5 nitrogen and oxygen atoms in total. The van der Waals surface area contributed by atoms with E-state index in [-0.39, 0.29) is 5.91 Å². The minimum absolute atomic E-state index is 0.240. The lowest BCUT2D eigenvalue weighted by Gasteiger charge is -2.22. The molecule has 0 aliphatic carbocycles. The van der Waals surface area contributed by atoms with Crippen LogP contribution in [-0.4, -0.2) is 29.0 Å². The van der Waals surface area contributed by atoms with E-state index in [4.69, 9.17) is 0 Å². The van der Waals surface area contributed by atoms with Gasteiger partial charge in [-0.05, 0) is 31.4 Å². The van der Waals surface area contributed by atoms with Crippen molar-refractivity contribution in [1.29, 1.82) is 0 Å². The van der Waals surface area contributed by atoms with Crippen LogP contribution in [0.15, 0.2) is 36.7 Å². The van der Waals surface area contributed by atoms with Gasteiger partial charge in [0.25, 0.3) is 5.91 Å². The lowest BCUT2D eigenvalue weighted by atomic mass is 10.2. The SMILES string of the molecule is CCCN(CCC)c1cnc(C(=O)Nc2ccccc2C)cn1. The van der Waals surface area contributed by atoms with Gasteiger partial charge in [-0.25, -0.2) is 9.97 Å². The number of hydrogen-bond acceptors (Lipinski definition) is 4. The molecule has 2 aromatic rings. The Hall–Kier alpha value is -2.43. The Bertz CT molecular complexity index is 634. The molecule has 5 heteroatoms. The van der Waals surface area contributed by atoms with Crippen molar-refractivity contribution in [2.24, 2.45) is 0 Å². The van der Waals surface area contributed by atoms with Crippen LogP contribution < -0.4 is 10.2 Å². The van der Waals surface area contributed by atoms with E-state index in [1.54, 1.807) is 12.4 Å². The first kappa shape index (κ1) is 16.9. The molecule has 2 rings (SSSR count). The van der Waals surface area contributed by atoms with Gasteiger partial charge in [-0.2, -0.15) is 0 Å². The van der Waals surface area contributed by atoms with Crippen LogP contribution in [0.1, 0.15) is 42.7 Å². The molecular formula is C18H24N4O. The van der Waals surface area contributed by atoms with E-state index in [0.717, 1.165) is 43.0 Å². The summed E-state index contributed by atoms with van der Waals surface area (Å²) >= 11 is 0. The number of rotatable bonds is 7. The lowest BCUT2D eigenvalue weighted by Crippen LogP contribution is -2.26. The maximum atomic E-state index is 12.3. The summed E-state index contributed by atoms with van der Waals surface area (Å²) in [7, 11) is 0. The Kier molecular flexibility index (Phi) is 6.09. The van der Waals surface area contributed by atoms with Gasteiger partial charge in [0.15, 0.2) is 0 Å². The van der Waals surface area contributed by atoms with Crippen molar-refractivity contribution in [3.8, 4) is 0 Å². The lowest BCUT2D eigenvalue weighted by molar-refractivity contribution is 0.102. The van der Waals surface area contributed by atoms with Gasteiger partial charge in [0.1, 0.15) is 11.5 Å². The van der Waals surface area contributed by atoms with Crippen LogP contribution in [0.5, 0.6) is 0 Å². The van der Waals surface area contributed by atoms with Gasteiger partial charge in [-0.1, -0.05) is 32.0 Å². The summed E-state index contributed by atoms with van der Waals surface area (Å²) in [4.78, 5) is 23.1. The van der Waals surface area contributed by atoms with Crippen molar-refractivity contribution in [1.82, 2.24) is 9.97 Å². The van der Waals surface area contributed by atoms with Crippen LogP contribution in [0.25, 0.3) is 0 Å². The Balaban J connectivity index is 2.09. The fourth-order valence-electron chi connectivity index (χ4n) is 2.38. The van der Waals surface area contributed by atoms with E-state index >= 15 is 0 Å². The molecule has 0 fully saturated rings. The molecular weight excluding hydrogens is 288 g/mol. The summed E-state index contributed by atoms with van der Waals surface area (Å²) in [6.07, 6.45) is 5.33. The molecule has 0 bridgehead atoms. The number of nitrogens with zero attached hydrogens (tertiary/aromatic N) is 3. The van der Waals surface area contributed by atoms with Gasteiger partial charge in [0.05, 0.1) is 12.4 Å². The molecule has 0 unspecified atom stereocenters. The van der Waals surface area contributed by atoms with E-state index in [9.17, 15) is 4.79 Å². The zero-order chi connectivity index (χ0) is 16.7. The van der Waals surface area contributed by atoms with Gasteiger partial charge < -0.3 is 10.2 Å². The number of benzene rings is 1. The highest BCUT2D eigenvalue weighted by atomic mass is 16.1. The Morgan fingerprint density at radius 1 is 1.09 bits per heavy atom. The Morgan fingerprint density at radius 3 is 2.35 bits per heavy atom. The fraction of sp³-hybridized carbons (Fsp3) is 0.389. The molecule has 0 aliphatic heterocycles. The number of aromatic nitrogens is 2. The van der Waals surface area contributed by atoms with E-state index in [1.807, 2.05) is 31.2 Å². The minimum Gasteiger partial charge on any atom is -0.355 e. The highest BCUT2D eigenvalue weighted by molar-refractivity contribution is 6.03. The summed E-state index contributed by atoms with van der Waals surface area (Å²) in [6, 6.07) is 7.66. The molecule has 0 aliphatic rings. The van der Waals surface area contributed by atoms with Crippen molar-refractivity contribution in [2.75, 3.05) is 23.3 Å². The summed E-state index contributed by atoms with van der Waals surface area (Å²) in [5, 5.41) is 2.87. The molecule has 122 valence electrons. The molecule has 1 aromatic carbocycles. The molecule has 1 N–H and O–H groups in total. The van der Waals surface area contributed by atoms with E-state index in [2.05, 4.69) is 34.0 Å². The molecule has 1 aromatic heterocycles. The van der Waals surface area contributed by atoms with Crippen molar-refractivity contribution in [3.05, 3.63) is 47.9 Å². The summed E-state index contributed by atoms with van der Waals surface area (Å²) in [6.45, 7) is 8.12. The number of hydrogen-bond donors (Lipinski definition) is 1. The van der Waals surface area contributed by atoms with E-state index in [0.29, 0.717) is 5.69 Å². The minimum atomic E-state index is -0.240. The maximum Gasteiger partial charge on any atom is 0.275 e. The number of carbonyl (C=O) groups excluding carboxylic acids is 1. The summed E-state index contributed by atoms with van der Waals surface area (Å²) < 4.78 is 0. The highest BCUT2D eigenvalue weighted by Crippen LogP contribution is 2.15. The van der Waals surface area contributed by atoms with E-state index in [1.165, 1.54) is 0 Å². The van der Waals surface area contributed by atoms with Crippen molar-refractivity contribution in [2.45, 2.75) is 33.6 Å². The zero-order valence-electron chi connectivity index (χ0n) is 14.0. The topological polar surface area (TPSA) is 58.1 Å². The average molecular weight is 312 g/mol. The van der Waals surface area contributed by atoms with E-state index < -0.39 is 0 Å². The normalized spacial score (nSPS) is 10.4. The van der Waals surface area contributed by atoms with Crippen LogP contribution in [0, 0.1) is 6.92 Å². The third-order valence-electron chi connectivity index (χ3n) is 3.58. The van der Waals surface area contributed by atoms with Crippen molar-refractivity contribution < 1.29 is 4.79 Å². The van der Waals surface area contributed by atoms with Crippen LogP contribution in [-0.2, 0) is 0 Å². The molecule has 1 amide bonds. The molecule has 0 radical (unpaired) electrons. The largest absolute Gasteiger partial charge is 0.355 e. The second-order valence-corrected chi connectivity index (χ2v) is 5.52. The predicted octanol–water partition coefficient (Wildman–Crippen LogP) is 3.66. The summed E-state index contributed by atoms with van der Waals surface area (Å²) in [5.41, 5.74) is 2.13. The smallest absolute Gasteiger partial charge is 0.275 e. The third kappa shape index (κ3) is 4.52. The molecule has 0 saturated heterocycles. The quantitative estimate of drug-likeness (QED) is 0.847. The van der Waals surface area contributed by atoms with Crippen LogP contribution in [0.4, 0.5) is 11.5 Å². The highest BCUT2D eigenvalue weighted by Gasteiger charge is 2.12. The molecule has 23 heavy (non-hydrogen) atoms. The standard InChI is InChI=1S/C18H24N4O/c1-4-10-22(11-5-2)17-13-19-16(12-20-17)18(23)21-15-9-7-6-8-14(15)3/h6-9,12-13H,4-5,10-11H2,1-3H3,(H,21,23).